The lowest BCUT2D eigenvalue weighted by Crippen LogP contribution is -2.29. The molecule has 2 aromatic heterocycles. The van der Waals surface area contributed by atoms with Crippen LogP contribution >= 0.6 is 0 Å². The molecule has 0 bridgehead atoms. The average Bonchev–Trinajstić information content (AvgIpc) is 2.90. The average molecular weight is 295 g/mol. The van der Waals surface area contributed by atoms with Gasteiger partial charge < -0.3 is 10.6 Å². The van der Waals surface area contributed by atoms with E-state index in [-0.39, 0.29) is 6.03 Å². The van der Waals surface area contributed by atoms with Gasteiger partial charge in [0.25, 0.3) is 0 Å². The summed E-state index contributed by atoms with van der Waals surface area (Å²) in [6, 6.07) is 9.42. The van der Waals surface area contributed by atoms with Crippen LogP contribution in [0.15, 0.2) is 42.7 Å². The molecule has 0 fully saturated rings. The summed E-state index contributed by atoms with van der Waals surface area (Å²) in [6.45, 7) is 2.41. The highest BCUT2D eigenvalue weighted by atomic mass is 16.2. The molecule has 0 aliphatic heterocycles. The minimum absolute atomic E-state index is 0.265. The van der Waals surface area contributed by atoms with E-state index in [0.717, 1.165) is 22.2 Å². The highest BCUT2D eigenvalue weighted by Crippen LogP contribution is 2.23. The quantitative estimate of drug-likeness (QED) is 0.780. The number of aromatic nitrogens is 3. The summed E-state index contributed by atoms with van der Waals surface area (Å²) in [5, 5.41) is 10.8. The zero-order chi connectivity index (χ0) is 15.5. The summed E-state index contributed by atoms with van der Waals surface area (Å²) in [4.78, 5) is 16.4. The highest BCUT2D eigenvalue weighted by Gasteiger charge is 2.08. The molecule has 3 rings (SSSR count). The van der Waals surface area contributed by atoms with E-state index in [9.17, 15) is 4.79 Å². The molecule has 6 nitrogen and oxygen atoms in total. The predicted octanol–water partition coefficient (Wildman–Crippen LogP) is 2.60. The standard InChI is InChI=1S/C16H17N5O/c1-11-8-12-4-3-6-17-15(12)14(9-11)20-16(22)18-10-13-5-7-19-21(13)2/h3-9H,10H2,1-2H3,(H2,18,20,22). The molecule has 0 atom stereocenters. The van der Waals surface area contributed by atoms with Crippen molar-refractivity contribution in [2.45, 2.75) is 13.5 Å². The molecule has 0 spiro atoms. The first kappa shape index (κ1) is 14.1. The lowest BCUT2D eigenvalue weighted by molar-refractivity contribution is 0.251. The van der Waals surface area contributed by atoms with Gasteiger partial charge in [0.1, 0.15) is 0 Å². The molecular weight excluding hydrogens is 278 g/mol. The van der Waals surface area contributed by atoms with Crippen molar-refractivity contribution in [2.24, 2.45) is 7.05 Å². The summed E-state index contributed by atoms with van der Waals surface area (Å²) < 4.78 is 1.73. The van der Waals surface area contributed by atoms with Crippen molar-refractivity contribution < 1.29 is 4.79 Å². The predicted molar refractivity (Wildman–Crippen MR) is 85.5 cm³/mol. The Kier molecular flexibility index (Phi) is 3.74. The molecule has 3 aromatic rings. The Labute approximate surface area is 128 Å². The van der Waals surface area contributed by atoms with Gasteiger partial charge in [-0.1, -0.05) is 6.07 Å². The minimum Gasteiger partial charge on any atom is -0.332 e. The Hall–Kier alpha value is -2.89. The number of pyridine rings is 1. The number of benzene rings is 1. The summed E-state index contributed by atoms with van der Waals surface area (Å²) in [5.41, 5.74) is 3.49. The van der Waals surface area contributed by atoms with Crippen LogP contribution in [0.2, 0.25) is 0 Å². The molecule has 0 saturated carbocycles. The second-order valence-corrected chi connectivity index (χ2v) is 5.14. The third-order valence-electron chi connectivity index (χ3n) is 3.45. The van der Waals surface area contributed by atoms with E-state index < -0.39 is 0 Å². The summed E-state index contributed by atoms with van der Waals surface area (Å²) in [7, 11) is 1.84. The van der Waals surface area contributed by atoms with Crippen LogP contribution < -0.4 is 10.6 Å². The number of nitrogens with zero attached hydrogens (tertiary/aromatic N) is 3. The molecule has 0 radical (unpaired) electrons. The first-order chi connectivity index (χ1) is 10.6. The van der Waals surface area contributed by atoms with E-state index >= 15 is 0 Å². The third kappa shape index (κ3) is 2.90. The van der Waals surface area contributed by atoms with Crippen LogP contribution in [-0.2, 0) is 13.6 Å². The van der Waals surface area contributed by atoms with Gasteiger partial charge in [-0.2, -0.15) is 5.10 Å². The van der Waals surface area contributed by atoms with Gasteiger partial charge >= 0.3 is 6.03 Å². The van der Waals surface area contributed by atoms with Crippen LogP contribution in [0.4, 0.5) is 10.5 Å². The van der Waals surface area contributed by atoms with Crippen molar-refractivity contribution in [3.63, 3.8) is 0 Å². The number of carbonyl (C=O) groups is 1. The molecule has 2 heterocycles. The number of amides is 2. The molecule has 2 N–H and O–H groups in total. The topological polar surface area (TPSA) is 71.8 Å². The van der Waals surface area contributed by atoms with Crippen molar-refractivity contribution in [1.29, 1.82) is 0 Å². The van der Waals surface area contributed by atoms with E-state index in [0.29, 0.717) is 12.2 Å². The van der Waals surface area contributed by atoms with Crippen molar-refractivity contribution in [1.82, 2.24) is 20.1 Å². The van der Waals surface area contributed by atoms with Gasteiger partial charge in [-0.25, -0.2) is 4.79 Å². The molecule has 6 heteroatoms. The Morgan fingerprint density at radius 2 is 2.14 bits per heavy atom. The first-order valence-electron chi connectivity index (χ1n) is 7.00. The van der Waals surface area contributed by atoms with Crippen LogP contribution in [0, 0.1) is 6.92 Å². The van der Waals surface area contributed by atoms with Crippen molar-refractivity contribution in [2.75, 3.05) is 5.32 Å². The summed E-state index contributed by atoms with van der Waals surface area (Å²) in [5.74, 6) is 0. The molecule has 0 aliphatic carbocycles. The number of rotatable bonds is 3. The van der Waals surface area contributed by atoms with Gasteiger partial charge in [0.15, 0.2) is 0 Å². The lowest BCUT2D eigenvalue weighted by atomic mass is 10.1. The summed E-state index contributed by atoms with van der Waals surface area (Å²) >= 11 is 0. The molecule has 0 aliphatic rings. The Morgan fingerprint density at radius 3 is 2.91 bits per heavy atom. The molecule has 22 heavy (non-hydrogen) atoms. The number of carbonyl (C=O) groups excluding carboxylic acids is 1. The molecule has 2 amide bonds. The largest absolute Gasteiger partial charge is 0.332 e. The van der Waals surface area contributed by atoms with Gasteiger partial charge in [-0.3, -0.25) is 9.67 Å². The van der Waals surface area contributed by atoms with Gasteiger partial charge in [0.2, 0.25) is 0 Å². The Balaban J connectivity index is 1.75. The second kappa shape index (κ2) is 5.85. The maximum absolute atomic E-state index is 12.1. The van der Waals surface area contributed by atoms with E-state index in [2.05, 4.69) is 20.7 Å². The second-order valence-electron chi connectivity index (χ2n) is 5.14. The van der Waals surface area contributed by atoms with Gasteiger partial charge in [0.05, 0.1) is 23.4 Å². The number of urea groups is 1. The first-order valence-corrected chi connectivity index (χ1v) is 7.00. The van der Waals surface area contributed by atoms with Crippen LogP contribution in [0.5, 0.6) is 0 Å². The minimum atomic E-state index is -0.265. The van der Waals surface area contributed by atoms with E-state index in [1.54, 1.807) is 17.1 Å². The molecule has 1 aromatic carbocycles. The maximum Gasteiger partial charge on any atom is 0.319 e. The number of aryl methyl sites for hydroxylation is 2. The van der Waals surface area contributed by atoms with Crippen LogP contribution in [0.25, 0.3) is 10.9 Å². The lowest BCUT2D eigenvalue weighted by Gasteiger charge is -2.10. The third-order valence-corrected chi connectivity index (χ3v) is 3.45. The maximum atomic E-state index is 12.1. The fraction of sp³-hybridized carbons (Fsp3) is 0.188. The van der Waals surface area contributed by atoms with Crippen LogP contribution in [0.3, 0.4) is 0 Å². The smallest absolute Gasteiger partial charge is 0.319 e. The normalized spacial score (nSPS) is 10.6. The van der Waals surface area contributed by atoms with E-state index in [1.165, 1.54) is 0 Å². The molecule has 0 unspecified atom stereocenters. The number of anilines is 1. The Bertz CT molecular complexity index is 824. The van der Waals surface area contributed by atoms with Gasteiger partial charge in [-0.05, 0) is 36.8 Å². The van der Waals surface area contributed by atoms with E-state index in [4.69, 9.17) is 0 Å². The number of hydrogen-bond acceptors (Lipinski definition) is 3. The number of fused-ring (bicyclic) bond motifs is 1. The molecular formula is C16H17N5O. The van der Waals surface area contributed by atoms with Gasteiger partial charge in [-0.15, -0.1) is 0 Å². The van der Waals surface area contributed by atoms with Gasteiger partial charge in [0, 0.05) is 24.8 Å². The van der Waals surface area contributed by atoms with Crippen molar-refractivity contribution >= 4 is 22.6 Å². The zero-order valence-electron chi connectivity index (χ0n) is 12.5. The fourth-order valence-corrected chi connectivity index (χ4v) is 2.35. The zero-order valence-corrected chi connectivity index (χ0v) is 12.5. The molecule has 0 saturated heterocycles. The van der Waals surface area contributed by atoms with E-state index in [1.807, 2.05) is 44.3 Å². The number of nitrogens with one attached hydrogen (secondary N) is 2. The fourth-order valence-electron chi connectivity index (χ4n) is 2.35. The van der Waals surface area contributed by atoms with Crippen molar-refractivity contribution in [3.8, 4) is 0 Å². The highest BCUT2D eigenvalue weighted by molar-refractivity contribution is 5.99. The SMILES string of the molecule is Cc1cc(NC(=O)NCc2ccnn2C)c2ncccc2c1. The number of hydrogen-bond donors (Lipinski definition) is 2. The van der Waals surface area contributed by atoms with Crippen molar-refractivity contribution in [3.05, 3.63) is 54.0 Å². The van der Waals surface area contributed by atoms with Crippen LogP contribution in [-0.4, -0.2) is 20.8 Å². The molecule has 112 valence electrons. The van der Waals surface area contributed by atoms with Crippen LogP contribution in [0.1, 0.15) is 11.3 Å². The summed E-state index contributed by atoms with van der Waals surface area (Å²) in [6.07, 6.45) is 3.42. The Morgan fingerprint density at radius 1 is 1.27 bits per heavy atom. The monoisotopic (exact) mass is 295 g/mol.